The molecule has 1 aliphatic carbocycles. The number of para-hydroxylation sites is 1. The molecule has 1 fully saturated rings. The highest BCUT2D eigenvalue weighted by Gasteiger charge is 2.27. The van der Waals surface area contributed by atoms with Crippen LogP contribution >= 0.6 is 37.2 Å². The lowest BCUT2D eigenvalue weighted by Gasteiger charge is -2.39. The number of aromatic nitrogens is 1. The minimum Gasteiger partial charge on any atom is -0.369 e. The van der Waals surface area contributed by atoms with Gasteiger partial charge in [-0.25, -0.2) is 0 Å². The van der Waals surface area contributed by atoms with Crippen LogP contribution in [0.3, 0.4) is 0 Å². The molecule has 5 nitrogen and oxygen atoms in total. The summed E-state index contributed by atoms with van der Waals surface area (Å²) in [6.07, 6.45) is 6.48. The van der Waals surface area contributed by atoms with Crippen molar-refractivity contribution in [2.45, 2.75) is 38.6 Å². The first-order valence-corrected chi connectivity index (χ1v) is 10.5. The van der Waals surface area contributed by atoms with E-state index in [-0.39, 0.29) is 37.2 Å². The number of benzene rings is 1. The van der Waals surface area contributed by atoms with E-state index in [0.717, 1.165) is 44.8 Å². The van der Waals surface area contributed by atoms with E-state index in [9.17, 15) is 0 Å². The highest BCUT2D eigenvalue weighted by Crippen LogP contribution is 2.24. The molecule has 8 heteroatoms. The van der Waals surface area contributed by atoms with Crippen molar-refractivity contribution in [3.05, 3.63) is 47.9 Å². The van der Waals surface area contributed by atoms with Crippen molar-refractivity contribution in [3.63, 3.8) is 0 Å². The number of hydrogen-bond donors (Lipinski definition) is 0. The van der Waals surface area contributed by atoms with Gasteiger partial charge in [-0.3, -0.25) is 9.80 Å². The SMILES string of the molecule is CCCN(CCN1CCN(c2ccccc2)CC1)C1CCc2oncc2C1.Cl.Cl.Cl. The summed E-state index contributed by atoms with van der Waals surface area (Å²) in [6.45, 7) is 10.4. The molecule has 1 aromatic heterocycles. The van der Waals surface area contributed by atoms with Crippen LogP contribution in [0.5, 0.6) is 0 Å². The van der Waals surface area contributed by atoms with E-state index in [1.54, 1.807) is 0 Å². The zero-order chi connectivity index (χ0) is 18.5. The number of aryl methyl sites for hydroxylation is 1. The molecule has 0 amide bonds. The fourth-order valence-electron chi connectivity index (χ4n) is 4.52. The molecule has 1 atom stereocenters. The second-order valence-electron chi connectivity index (χ2n) is 7.87. The molecular formula is C22H35Cl3N4O. The number of halogens is 3. The third kappa shape index (κ3) is 6.76. The summed E-state index contributed by atoms with van der Waals surface area (Å²) in [7, 11) is 0. The molecule has 2 aromatic rings. The van der Waals surface area contributed by atoms with Crippen molar-refractivity contribution in [1.29, 1.82) is 0 Å². The van der Waals surface area contributed by atoms with Gasteiger partial charge in [0.15, 0.2) is 0 Å². The van der Waals surface area contributed by atoms with Gasteiger partial charge in [-0.2, -0.15) is 0 Å². The Morgan fingerprint density at radius 2 is 1.77 bits per heavy atom. The Morgan fingerprint density at radius 1 is 1.03 bits per heavy atom. The molecular weight excluding hydrogens is 443 g/mol. The largest absolute Gasteiger partial charge is 0.369 e. The number of rotatable bonds is 7. The van der Waals surface area contributed by atoms with E-state index in [1.165, 1.54) is 43.7 Å². The highest BCUT2D eigenvalue weighted by atomic mass is 35.5. The first-order valence-electron chi connectivity index (χ1n) is 10.5. The predicted octanol–water partition coefficient (Wildman–Crippen LogP) is 4.33. The fourth-order valence-corrected chi connectivity index (χ4v) is 4.52. The normalized spacial score (nSPS) is 18.7. The smallest absolute Gasteiger partial charge is 0.140 e. The Labute approximate surface area is 199 Å². The zero-order valence-corrected chi connectivity index (χ0v) is 20.2. The summed E-state index contributed by atoms with van der Waals surface area (Å²) >= 11 is 0. The predicted molar refractivity (Wildman–Crippen MR) is 131 cm³/mol. The van der Waals surface area contributed by atoms with Gasteiger partial charge in [-0.1, -0.05) is 30.3 Å². The second kappa shape index (κ2) is 13.4. The molecule has 0 spiro atoms. The van der Waals surface area contributed by atoms with Crippen LogP contribution in [0.15, 0.2) is 41.1 Å². The summed E-state index contributed by atoms with van der Waals surface area (Å²) in [6, 6.07) is 11.4. The molecule has 0 N–H and O–H groups in total. The molecule has 1 saturated heterocycles. The van der Waals surface area contributed by atoms with Gasteiger partial charge in [0.25, 0.3) is 0 Å². The quantitative estimate of drug-likeness (QED) is 0.593. The van der Waals surface area contributed by atoms with Crippen molar-refractivity contribution >= 4 is 42.9 Å². The summed E-state index contributed by atoms with van der Waals surface area (Å²) < 4.78 is 5.36. The van der Waals surface area contributed by atoms with Gasteiger partial charge in [0.1, 0.15) is 5.76 Å². The van der Waals surface area contributed by atoms with Crippen molar-refractivity contribution in [3.8, 4) is 0 Å². The molecule has 30 heavy (non-hydrogen) atoms. The first kappa shape index (κ1) is 27.1. The Hall–Kier alpha value is -0.980. The first-order chi connectivity index (χ1) is 13.3. The molecule has 0 bridgehead atoms. The van der Waals surface area contributed by atoms with Crippen molar-refractivity contribution < 1.29 is 4.52 Å². The Bertz CT molecular complexity index is 707. The third-order valence-electron chi connectivity index (χ3n) is 6.11. The molecule has 1 aromatic carbocycles. The third-order valence-corrected chi connectivity index (χ3v) is 6.11. The molecule has 170 valence electrons. The topological polar surface area (TPSA) is 35.8 Å². The van der Waals surface area contributed by atoms with Crippen molar-refractivity contribution in [2.75, 3.05) is 50.7 Å². The van der Waals surface area contributed by atoms with Crippen LogP contribution in [-0.4, -0.2) is 66.8 Å². The minimum atomic E-state index is 0. The molecule has 0 saturated carbocycles. The van der Waals surface area contributed by atoms with Gasteiger partial charge in [0, 0.05) is 63.0 Å². The van der Waals surface area contributed by atoms with Gasteiger partial charge >= 0.3 is 0 Å². The lowest BCUT2D eigenvalue weighted by molar-refractivity contribution is 0.143. The van der Waals surface area contributed by atoms with Crippen molar-refractivity contribution in [1.82, 2.24) is 15.0 Å². The lowest BCUT2D eigenvalue weighted by atomic mass is 9.93. The Kier molecular flexibility index (Phi) is 12.1. The van der Waals surface area contributed by atoms with Crippen LogP contribution < -0.4 is 4.90 Å². The summed E-state index contributed by atoms with van der Waals surface area (Å²) in [4.78, 5) is 7.85. The number of nitrogens with zero attached hydrogens (tertiary/aromatic N) is 4. The molecule has 1 unspecified atom stereocenters. The number of piperazine rings is 1. The van der Waals surface area contributed by atoms with Crippen LogP contribution in [0, 0.1) is 0 Å². The van der Waals surface area contributed by atoms with E-state index in [1.807, 2.05) is 6.20 Å². The van der Waals surface area contributed by atoms with Crippen LogP contribution in [0.1, 0.15) is 31.1 Å². The molecule has 4 rings (SSSR count). The van der Waals surface area contributed by atoms with Gasteiger partial charge < -0.3 is 9.42 Å². The van der Waals surface area contributed by atoms with Gasteiger partial charge in [-0.05, 0) is 37.9 Å². The van der Waals surface area contributed by atoms with Gasteiger partial charge in [0.05, 0.1) is 6.20 Å². The number of fused-ring (bicyclic) bond motifs is 1. The van der Waals surface area contributed by atoms with Gasteiger partial charge in [-0.15, -0.1) is 37.2 Å². The van der Waals surface area contributed by atoms with Crippen LogP contribution in [0.2, 0.25) is 0 Å². The maximum absolute atomic E-state index is 5.36. The lowest BCUT2D eigenvalue weighted by Crippen LogP contribution is -2.50. The molecule has 0 radical (unpaired) electrons. The fraction of sp³-hybridized carbons (Fsp3) is 0.591. The standard InChI is InChI=1S/C22H32N4O.3ClH/c1-2-10-25(21-8-9-22-19(17-21)18-23-27-22)14-11-24-12-15-26(16-13-24)20-6-4-3-5-7-20;;;/h3-7,18,21H,2,8-17H2,1H3;3*1H. The summed E-state index contributed by atoms with van der Waals surface area (Å²) in [5.41, 5.74) is 2.68. The minimum absolute atomic E-state index is 0. The Balaban J connectivity index is 0.00000150. The maximum atomic E-state index is 5.36. The molecule has 2 aliphatic rings. The average molecular weight is 478 g/mol. The van der Waals surface area contributed by atoms with Crippen LogP contribution in [-0.2, 0) is 12.8 Å². The van der Waals surface area contributed by atoms with Gasteiger partial charge in [0.2, 0.25) is 0 Å². The van der Waals surface area contributed by atoms with Crippen LogP contribution in [0.4, 0.5) is 5.69 Å². The molecule has 2 heterocycles. The van der Waals surface area contributed by atoms with E-state index in [2.05, 4.69) is 57.1 Å². The van der Waals surface area contributed by atoms with Crippen LogP contribution in [0.25, 0.3) is 0 Å². The zero-order valence-electron chi connectivity index (χ0n) is 17.7. The number of hydrogen-bond acceptors (Lipinski definition) is 5. The monoisotopic (exact) mass is 476 g/mol. The Morgan fingerprint density at radius 3 is 2.47 bits per heavy atom. The summed E-state index contributed by atoms with van der Waals surface area (Å²) in [5.74, 6) is 1.11. The van der Waals surface area contributed by atoms with E-state index in [0.29, 0.717) is 6.04 Å². The van der Waals surface area contributed by atoms with E-state index in [4.69, 9.17) is 4.52 Å². The molecule has 1 aliphatic heterocycles. The number of anilines is 1. The van der Waals surface area contributed by atoms with E-state index < -0.39 is 0 Å². The average Bonchev–Trinajstić information content (AvgIpc) is 3.20. The van der Waals surface area contributed by atoms with E-state index >= 15 is 0 Å². The summed E-state index contributed by atoms with van der Waals surface area (Å²) in [5, 5.41) is 3.99. The second-order valence-corrected chi connectivity index (χ2v) is 7.87. The highest BCUT2D eigenvalue weighted by molar-refractivity contribution is 5.86. The maximum Gasteiger partial charge on any atom is 0.140 e. The van der Waals surface area contributed by atoms with Crippen molar-refractivity contribution in [2.24, 2.45) is 0 Å².